The Kier molecular flexibility index (Phi) is 4.19. The van der Waals surface area contributed by atoms with E-state index >= 15 is 0 Å². The van der Waals surface area contributed by atoms with Gasteiger partial charge in [-0.3, -0.25) is 9.88 Å². The van der Waals surface area contributed by atoms with Gasteiger partial charge in [0.05, 0.1) is 18.1 Å². The summed E-state index contributed by atoms with van der Waals surface area (Å²) >= 11 is 1.83. The second-order valence-electron chi connectivity index (χ2n) is 7.18. The smallest absolute Gasteiger partial charge is 0.307 e. The van der Waals surface area contributed by atoms with Crippen molar-refractivity contribution in [1.82, 2.24) is 5.32 Å². The van der Waals surface area contributed by atoms with E-state index in [2.05, 4.69) is 46.9 Å². The van der Waals surface area contributed by atoms with Crippen molar-refractivity contribution in [3.05, 3.63) is 0 Å². The Balaban J connectivity index is 2.18. The van der Waals surface area contributed by atoms with Crippen molar-refractivity contribution in [3.63, 3.8) is 0 Å². The van der Waals surface area contributed by atoms with Crippen LogP contribution in [0.4, 0.5) is 0 Å². The predicted molar refractivity (Wildman–Crippen MR) is 80.5 cm³/mol. The van der Waals surface area contributed by atoms with Crippen LogP contribution in [0.5, 0.6) is 0 Å². The molecule has 0 amide bonds. The van der Waals surface area contributed by atoms with Gasteiger partial charge < -0.3 is 9.05 Å². The Bertz CT molecular complexity index is 383. The fraction of sp³-hybridized carbons (Fsp3) is 1.00. The molecule has 2 fully saturated rings. The van der Waals surface area contributed by atoms with Crippen molar-refractivity contribution in [1.29, 1.82) is 0 Å². The molecular formula is C13H26NO3PS. The van der Waals surface area contributed by atoms with Crippen LogP contribution in [-0.2, 0) is 13.6 Å². The number of thioether (sulfide) groups is 1. The predicted octanol–water partition coefficient (Wildman–Crippen LogP) is 3.68. The summed E-state index contributed by atoms with van der Waals surface area (Å²) in [6.45, 7) is 13.7. The van der Waals surface area contributed by atoms with Gasteiger partial charge in [-0.05, 0) is 19.8 Å². The molecule has 4 nitrogen and oxygen atoms in total. The summed E-state index contributed by atoms with van der Waals surface area (Å²) in [5.74, 6) is 0.223. The topological polar surface area (TPSA) is 47.6 Å². The summed E-state index contributed by atoms with van der Waals surface area (Å²) in [5, 5.41) is 3.70. The Labute approximate surface area is 120 Å². The molecule has 0 saturated carbocycles. The zero-order chi connectivity index (χ0) is 14.5. The first-order valence-electron chi connectivity index (χ1n) is 6.89. The molecule has 2 saturated heterocycles. The van der Waals surface area contributed by atoms with E-state index in [0.717, 1.165) is 0 Å². The van der Waals surface area contributed by atoms with Gasteiger partial charge >= 0.3 is 7.60 Å². The summed E-state index contributed by atoms with van der Waals surface area (Å²) < 4.78 is 24.4. The largest absolute Gasteiger partial charge is 0.348 e. The summed E-state index contributed by atoms with van der Waals surface area (Å²) in [5.41, 5.74) is -0.0531. The fourth-order valence-corrected chi connectivity index (χ4v) is 7.11. The second kappa shape index (κ2) is 5.03. The van der Waals surface area contributed by atoms with Crippen molar-refractivity contribution >= 4 is 19.4 Å². The molecule has 112 valence electrons. The van der Waals surface area contributed by atoms with Gasteiger partial charge in [0.25, 0.3) is 0 Å². The minimum Gasteiger partial charge on any atom is -0.307 e. The molecule has 0 radical (unpaired) electrons. The summed E-state index contributed by atoms with van der Waals surface area (Å²) in [6, 6.07) is 0. The highest BCUT2D eigenvalue weighted by Crippen LogP contribution is 2.62. The first-order chi connectivity index (χ1) is 8.55. The van der Waals surface area contributed by atoms with Gasteiger partial charge in [-0.2, -0.15) is 0 Å². The minimum atomic E-state index is -3.06. The Hall–Kier alpha value is 0.460. The van der Waals surface area contributed by atoms with Crippen LogP contribution in [0.1, 0.15) is 41.5 Å². The van der Waals surface area contributed by atoms with Crippen molar-refractivity contribution in [3.8, 4) is 0 Å². The molecule has 0 bridgehead atoms. The first-order valence-corrected chi connectivity index (χ1v) is 9.38. The lowest BCUT2D eigenvalue weighted by molar-refractivity contribution is 0.0360. The average molecular weight is 307 g/mol. The molecule has 1 N–H and O–H groups in total. The van der Waals surface area contributed by atoms with Gasteiger partial charge in [-0.15, -0.1) is 11.8 Å². The Morgan fingerprint density at radius 1 is 1.21 bits per heavy atom. The molecule has 2 heterocycles. The number of rotatable bonds is 2. The van der Waals surface area contributed by atoms with Crippen LogP contribution in [0.3, 0.4) is 0 Å². The summed E-state index contributed by atoms with van der Waals surface area (Å²) in [7, 11) is -3.06. The molecule has 2 rings (SSSR count). The third-order valence-corrected chi connectivity index (χ3v) is 7.61. The average Bonchev–Trinajstić information content (AvgIpc) is 2.60. The highest BCUT2D eigenvalue weighted by atomic mass is 32.2. The maximum atomic E-state index is 13.0. The molecule has 19 heavy (non-hydrogen) atoms. The van der Waals surface area contributed by atoms with Crippen LogP contribution in [-0.4, -0.2) is 29.1 Å². The Morgan fingerprint density at radius 3 is 2.21 bits per heavy atom. The van der Waals surface area contributed by atoms with Crippen molar-refractivity contribution < 1.29 is 13.6 Å². The fourth-order valence-electron chi connectivity index (χ4n) is 2.41. The quantitative estimate of drug-likeness (QED) is 0.789. The summed E-state index contributed by atoms with van der Waals surface area (Å²) in [6.07, 6.45) is 0. The lowest BCUT2D eigenvalue weighted by atomic mass is 9.97. The lowest BCUT2D eigenvalue weighted by Gasteiger charge is -2.38. The van der Waals surface area contributed by atoms with E-state index in [4.69, 9.17) is 9.05 Å². The van der Waals surface area contributed by atoms with Crippen LogP contribution in [0.2, 0.25) is 0 Å². The first kappa shape index (κ1) is 15.8. The normalized spacial score (nSPS) is 36.6. The third kappa shape index (κ3) is 3.38. The number of hydrogen-bond donors (Lipinski definition) is 1. The highest BCUT2D eigenvalue weighted by molar-refractivity contribution is 8.01. The molecule has 2 aliphatic heterocycles. The van der Waals surface area contributed by atoms with E-state index in [1.807, 2.05) is 11.8 Å². The van der Waals surface area contributed by atoms with Crippen LogP contribution in [0, 0.1) is 11.3 Å². The van der Waals surface area contributed by atoms with E-state index in [0.29, 0.717) is 19.1 Å². The van der Waals surface area contributed by atoms with E-state index < -0.39 is 7.60 Å². The number of hydrogen-bond acceptors (Lipinski definition) is 5. The van der Waals surface area contributed by atoms with Crippen LogP contribution < -0.4 is 5.32 Å². The van der Waals surface area contributed by atoms with E-state index in [1.165, 1.54) is 0 Å². The van der Waals surface area contributed by atoms with Gasteiger partial charge in [0.2, 0.25) is 0 Å². The van der Waals surface area contributed by atoms with E-state index in [-0.39, 0.29) is 21.3 Å². The van der Waals surface area contributed by atoms with Gasteiger partial charge in [-0.25, -0.2) is 0 Å². The zero-order valence-corrected chi connectivity index (χ0v) is 14.4. The van der Waals surface area contributed by atoms with Gasteiger partial charge in [-0.1, -0.05) is 27.7 Å². The zero-order valence-electron chi connectivity index (χ0n) is 12.7. The third-order valence-electron chi connectivity index (χ3n) is 3.51. The second-order valence-corrected chi connectivity index (χ2v) is 11.1. The lowest BCUT2D eigenvalue weighted by Crippen LogP contribution is -2.42. The SMILES string of the molecule is CC(C)[C@H]1SC(C)(C)N[C@@H]1P1(=O)OCC(C)(C)CO1. The molecular weight excluding hydrogens is 281 g/mol. The van der Waals surface area contributed by atoms with Crippen molar-refractivity contribution in [2.75, 3.05) is 13.2 Å². The molecule has 0 spiro atoms. The molecule has 0 aromatic heterocycles. The van der Waals surface area contributed by atoms with Crippen LogP contribution >= 0.6 is 19.4 Å². The number of nitrogens with one attached hydrogen (secondary N) is 1. The van der Waals surface area contributed by atoms with E-state index in [1.54, 1.807) is 0 Å². The standard InChI is InChI=1S/C13H26NO3PS/c1-9(2)10-11(14-13(5,6)19-10)18(15)16-7-12(3,4)8-17-18/h9-11,14H,7-8H2,1-6H3/t10-,11-/m1/s1. The highest BCUT2D eigenvalue weighted by Gasteiger charge is 2.53. The molecule has 0 aromatic carbocycles. The maximum Gasteiger partial charge on any atom is 0.348 e. The monoisotopic (exact) mass is 307 g/mol. The van der Waals surface area contributed by atoms with Gasteiger partial charge in [0, 0.05) is 10.7 Å². The minimum absolute atomic E-state index is 0.0531. The van der Waals surface area contributed by atoms with Gasteiger partial charge in [0.1, 0.15) is 5.78 Å². The molecule has 0 aliphatic carbocycles. The molecule has 2 atom stereocenters. The van der Waals surface area contributed by atoms with Crippen molar-refractivity contribution in [2.24, 2.45) is 11.3 Å². The maximum absolute atomic E-state index is 13.0. The van der Waals surface area contributed by atoms with Gasteiger partial charge in [0.15, 0.2) is 0 Å². The van der Waals surface area contributed by atoms with Crippen LogP contribution in [0.25, 0.3) is 0 Å². The van der Waals surface area contributed by atoms with E-state index in [9.17, 15) is 4.57 Å². The molecule has 6 heteroatoms. The summed E-state index contributed by atoms with van der Waals surface area (Å²) in [4.78, 5) is -0.0866. The Morgan fingerprint density at radius 2 is 1.74 bits per heavy atom. The molecule has 0 unspecified atom stereocenters. The van der Waals surface area contributed by atoms with Crippen molar-refractivity contribution in [2.45, 2.75) is 57.4 Å². The van der Waals surface area contributed by atoms with Crippen LogP contribution in [0.15, 0.2) is 0 Å². The molecule has 2 aliphatic rings. The molecule has 0 aromatic rings.